The van der Waals surface area contributed by atoms with E-state index in [-0.39, 0.29) is 5.91 Å². The molecule has 0 fully saturated rings. The highest BCUT2D eigenvalue weighted by Crippen LogP contribution is 2.33. The zero-order chi connectivity index (χ0) is 15.5. The Balaban J connectivity index is 1.87. The minimum atomic E-state index is -0.246. The number of hydrogen-bond acceptors (Lipinski definition) is 4. The van der Waals surface area contributed by atoms with E-state index in [9.17, 15) is 4.79 Å². The van der Waals surface area contributed by atoms with Gasteiger partial charge in [0, 0.05) is 11.3 Å². The van der Waals surface area contributed by atoms with Gasteiger partial charge in [-0.25, -0.2) is 0 Å². The number of nitrogens with one attached hydrogen (secondary N) is 1. The number of rotatable bonds is 2. The fourth-order valence-electron chi connectivity index (χ4n) is 2.30. The van der Waals surface area contributed by atoms with Crippen LogP contribution in [0.2, 0.25) is 0 Å². The van der Waals surface area contributed by atoms with E-state index >= 15 is 0 Å². The highest BCUT2D eigenvalue weighted by atomic mass is 16.6. The second-order valence-corrected chi connectivity index (χ2v) is 4.96. The van der Waals surface area contributed by atoms with Crippen molar-refractivity contribution >= 4 is 11.6 Å². The summed E-state index contributed by atoms with van der Waals surface area (Å²) in [4.78, 5) is 12.4. The van der Waals surface area contributed by atoms with Gasteiger partial charge >= 0.3 is 0 Å². The largest absolute Gasteiger partial charge is 0.486 e. The molecule has 0 bridgehead atoms. The molecule has 0 spiro atoms. The van der Waals surface area contributed by atoms with E-state index in [1.54, 1.807) is 36.4 Å². The number of benzene rings is 2. The molecular formula is C17H14N2O3. The molecule has 2 aromatic carbocycles. The fourth-order valence-corrected chi connectivity index (χ4v) is 2.30. The van der Waals surface area contributed by atoms with Gasteiger partial charge in [0.05, 0.1) is 11.6 Å². The number of fused-ring (bicyclic) bond motifs is 1. The van der Waals surface area contributed by atoms with Crippen LogP contribution in [0.25, 0.3) is 0 Å². The van der Waals surface area contributed by atoms with E-state index < -0.39 is 0 Å². The first kappa shape index (κ1) is 14.0. The standard InChI is InChI=1S/C17H14N2O3/c1-11-7-15-16(22-6-5-21-15)9-14(11)17(20)19-13-4-2-3-12(8-13)10-18/h2-4,7-9H,5-6H2,1H3,(H,19,20). The number of amides is 1. The summed E-state index contributed by atoms with van der Waals surface area (Å²) in [6.45, 7) is 2.83. The van der Waals surface area contributed by atoms with Gasteiger partial charge in [0.25, 0.3) is 5.91 Å². The molecule has 22 heavy (non-hydrogen) atoms. The molecule has 1 aliphatic heterocycles. The molecule has 5 nitrogen and oxygen atoms in total. The Hall–Kier alpha value is -3.00. The van der Waals surface area contributed by atoms with E-state index in [1.165, 1.54) is 0 Å². The Morgan fingerprint density at radius 3 is 2.64 bits per heavy atom. The maximum Gasteiger partial charge on any atom is 0.256 e. The van der Waals surface area contributed by atoms with E-state index in [0.29, 0.717) is 41.5 Å². The maximum atomic E-state index is 12.4. The quantitative estimate of drug-likeness (QED) is 0.924. The average Bonchev–Trinajstić information content (AvgIpc) is 2.54. The van der Waals surface area contributed by atoms with Crippen LogP contribution in [0.3, 0.4) is 0 Å². The number of carbonyl (C=O) groups is 1. The third-order valence-electron chi connectivity index (χ3n) is 3.38. The van der Waals surface area contributed by atoms with E-state index in [1.807, 2.05) is 13.0 Å². The van der Waals surface area contributed by atoms with Crippen molar-refractivity contribution < 1.29 is 14.3 Å². The number of nitriles is 1. The van der Waals surface area contributed by atoms with Crippen molar-refractivity contribution in [3.63, 3.8) is 0 Å². The number of hydrogen-bond donors (Lipinski definition) is 1. The zero-order valence-electron chi connectivity index (χ0n) is 12.1. The highest BCUT2D eigenvalue weighted by molar-refractivity contribution is 6.05. The first-order valence-corrected chi connectivity index (χ1v) is 6.89. The van der Waals surface area contributed by atoms with Crippen molar-refractivity contribution in [2.24, 2.45) is 0 Å². The number of ether oxygens (including phenoxy) is 2. The van der Waals surface area contributed by atoms with Crippen LogP contribution in [0.15, 0.2) is 36.4 Å². The third-order valence-corrected chi connectivity index (χ3v) is 3.38. The first-order valence-electron chi connectivity index (χ1n) is 6.89. The molecule has 1 aliphatic rings. The molecule has 0 aliphatic carbocycles. The summed E-state index contributed by atoms with van der Waals surface area (Å²) >= 11 is 0. The second kappa shape index (κ2) is 5.78. The van der Waals surface area contributed by atoms with Crippen LogP contribution < -0.4 is 14.8 Å². The fraction of sp³-hybridized carbons (Fsp3) is 0.176. The van der Waals surface area contributed by atoms with Gasteiger partial charge in [0.1, 0.15) is 13.2 Å². The van der Waals surface area contributed by atoms with Crippen molar-refractivity contribution in [2.75, 3.05) is 18.5 Å². The Bertz CT molecular complexity index is 778. The molecule has 1 N–H and O–H groups in total. The molecular weight excluding hydrogens is 280 g/mol. The third kappa shape index (κ3) is 2.72. The predicted molar refractivity (Wildman–Crippen MR) is 81.3 cm³/mol. The number of anilines is 1. The van der Waals surface area contributed by atoms with Crippen molar-refractivity contribution in [2.45, 2.75) is 6.92 Å². The molecule has 3 rings (SSSR count). The molecule has 5 heteroatoms. The lowest BCUT2D eigenvalue weighted by Crippen LogP contribution is -2.18. The zero-order valence-corrected chi connectivity index (χ0v) is 12.1. The number of nitrogens with zero attached hydrogens (tertiary/aromatic N) is 1. The summed E-state index contributed by atoms with van der Waals surface area (Å²) in [5.41, 5.74) is 2.40. The highest BCUT2D eigenvalue weighted by Gasteiger charge is 2.18. The van der Waals surface area contributed by atoms with Crippen LogP contribution in [0.5, 0.6) is 11.5 Å². The van der Waals surface area contributed by atoms with Crippen molar-refractivity contribution in [3.8, 4) is 17.6 Å². The Morgan fingerprint density at radius 2 is 1.91 bits per heavy atom. The lowest BCUT2D eigenvalue weighted by Gasteiger charge is -2.20. The first-order chi connectivity index (χ1) is 10.7. The van der Waals surface area contributed by atoms with E-state index in [2.05, 4.69) is 5.32 Å². The summed E-state index contributed by atoms with van der Waals surface area (Å²) < 4.78 is 11.0. The Morgan fingerprint density at radius 1 is 1.18 bits per heavy atom. The smallest absolute Gasteiger partial charge is 0.256 e. The molecule has 0 saturated carbocycles. The van der Waals surface area contributed by atoms with Crippen LogP contribution in [-0.2, 0) is 0 Å². The lowest BCUT2D eigenvalue weighted by atomic mass is 10.1. The molecule has 1 amide bonds. The molecule has 0 saturated heterocycles. The van der Waals surface area contributed by atoms with Crippen LogP contribution in [0.1, 0.15) is 21.5 Å². The summed E-state index contributed by atoms with van der Waals surface area (Å²) in [5.74, 6) is 0.990. The van der Waals surface area contributed by atoms with Gasteiger partial charge in [-0.1, -0.05) is 6.07 Å². The Labute approximate surface area is 128 Å². The van der Waals surface area contributed by atoms with Gasteiger partial charge in [-0.3, -0.25) is 4.79 Å². The summed E-state index contributed by atoms with van der Waals surface area (Å²) in [5, 5.41) is 11.7. The van der Waals surface area contributed by atoms with Crippen molar-refractivity contribution in [1.82, 2.24) is 0 Å². The SMILES string of the molecule is Cc1cc2c(cc1C(=O)Nc1cccc(C#N)c1)OCCO2. The molecule has 0 atom stereocenters. The van der Waals surface area contributed by atoms with Crippen LogP contribution in [0.4, 0.5) is 5.69 Å². The summed E-state index contributed by atoms with van der Waals surface area (Å²) in [6.07, 6.45) is 0. The van der Waals surface area contributed by atoms with Gasteiger partial charge in [0.15, 0.2) is 11.5 Å². The van der Waals surface area contributed by atoms with Gasteiger partial charge in [-0.15, -0.1) is 0 Å². The van der Waals surface area contributed by atoms with Gasteiger partial charge in [-0.2, -0.15) is 5.26 Å². The number of carbonyl (C=O) groups excluding carboxylic acids is 1. The second-order valence-electron chi connectivity index (χ2n) is 4.96. The molecule has 1 heterocycles. The molecule has 0 aromatic heterocycles. The monoisotopic (exact) mass is 294 g/mol. The normalized spacial score (nSPS) is 12.4. The number of aryl methyl sites for hydroxylation is 1. The molecule has 2 aromatic rings. The van der Waals surface area contributed by atoms with Crippen LogP contribution in [0, 0.1) is 18.3 Å². The van der Waals surface area contributed by atoms with Gasteiger partial charge < -0.3 is 14.8 Å². The lowest BCUT2D eigenvalue weighted by molar-refractivity contribution is 0.102. The van der Waals surface area contributed by atoms with Crippen LogP contribution in [-0.4, -0.2) is 19.1 Å². The average molecular weight is 294 g/mol. The van der Waals surface area contributed by atoms with E-state index in [4.69, 9.17) is 14.7 Å². The summed E-state index contributed by atoms with van der Waals surface area (Å²) in [7, 11) is 0. The topological polar surface area (TPSA) is 71.4 Å². The van der Waals surface area contributed by atoms with Crippen molar-refractivity contribution in [1.29, 1.82) is 5.26 Å². The molecule has 0 unspecified atom stereocenters. The Kier molecular flexibility index (Phi) is 3.67. The minimum absolute atomic E-state index is 0.246. The van der Waals surface area contributed by atoms with Crippen molar-refractivity contribution in [3.05, 3.63) is 53.1 Å². The minimum Gasteiger partial charge on any atom is -0.486 e. The molecule has 0 radical (unpaired) electrons. The maximum absolute atomic E-state index is 12.4. The van der Waals surface area contributed by atoms with Gasteiger partial charge in [-0.05, 0) is 42.8 Å². The van der Waals surface area contributed by atoms with E-state index in [0.717, 1.165) is 5.56 Å². The summed E-state index contributed by atoms with van der Waals surface area (Å²) in [6, 6.07) is 12.3. The van der Waals surface area contributed by atoms with Crippen LogP contribution >= 0.6 is 0 Å². The van der Waals surface area contributed by atoms with Gasteiger partial charge in [0.2, 0.25) is 0 Å². The predicted octanol–water partition coefficient (Wildman–Crippen LogP) is 2.89. The molecule has 110 valence electrons.